The normalized spacial score (nSPS) is 17.3. The quantitative estimate of drug-likeness (QED) is 0.248. The molecule has 0 aliphatic carbocycles. The Labute approximate surface area is 240 Å². The number of halogens is 1. The van der Waals surface area contributed by atoms with Gasteiger partial charge in [0.15, 0.2) is 0 Å². The first-order chi connectivity index (χ1) is 19.0. The molecule has 5 rings (SSSR count). The van der Waals surface area contributed by atoms with Crippen molar-refractivity contribution in [2.24, 2.45) is 5.92 Å². The third-order valence-electron chi connectivity index (χ3n) is 7.33. The zero-order valence-corrected chi connectivity index (χ0v) is 23.6. The van der Waals surface area contributed by atoms with Gasteiger partial charge in [-0.2, -0.15) is 0 Å². The summed E-state index contributed by atoms with van der Waals surface area (Å²) in [6.45, 7) is 3.81. The van der Waals surface area contributed by atoms with Gasteiger partial charge in [0.05, 0.1) is 10.6 Å². The summed E-state index contributed by atoms with van der Waals surface area (Å²) >= 11 is 7.56. The largest absolute Gasteiger partial charge is 0.355 e. The van der Waals surface area contributed by atoms with Crippen molar-refractivity contribution in [3.8, 4) is 0 Å². The molecule has 0 radical (unpaired) electrons. The van der Waals surface area contributed by atoms with E-state index < -0.39 is 0 Å². The second kappa shape index (κ2) is 13.3. The summed E-state index contributed by atoms with van der Waals surface area (Å²) in [4.78, 5) is 31.9. The lowest BCUT2D eigenvalue weighted by Gasteiger charge is -2.32. The van der Waals surface area contributed by atoms with E-state index in [9.17, 15) is 9.59 Å². The van der Waals surface area contributed by atoms with Crippen molar-refractivity contribution in [2.45, 2.75) is 30.6 Å². The molecule has 202 valence electrons. The molecular formula is C32H34ClN3O2S. The molecule has 2 aliphatic rings. The van der Waals surface area contributed by atoms with E-state index in [0.29, 0.717) is 16.5 Å². The standard InChI is InChI=1S/C32H34ClN3O2S/c33-27-11-6-10-26(21-27)22-30-32(38)36(28-12-4-5-13-29(28)39-30)23-31(37)34-16-7-17-35-18-14-25(15-19-35)20-24-8-2-1-3-9-24/h1-6,8-13,21-22,25H,7,14-20,23H2,(H,34,37)/b30-22-. The Hall–Kier alpha value is -3.06. The first-order valence-electron chi connectivity index (χ1n) is 13.6. The number of hydrogen-bond donors (Lipinski definition) is 1. The van der Waals surface area contributed by atoms with Gasteiger partial charge in [-0.3, -0.25) is 14.5 Å². The van der Waals surface area contributed by atoms with Crippen molar-refractivity contribution in [2.75, 3.05) is 37.6 Å². The highest BCUT2D eigenvalue weighted by Gasteiger charge is 2.30. The summed E-state index contributed by atoms with van der Waals surface area (Å²) in [6.07, 6.45) is 6.34. The predicted octanol–water partition coefficient (Wildman–Crippen LogP) is 6.28. The van der Waals surface area contributed by atoms with Gasteiger partial charge in [-0.15, -0.1) is 0 Å². The van der Waals surface area contributed by atoms with E-state index in [-0.39, 0.29) is 18.4 Å². The number of carbonyl (C=O) groups excluding carboxylic acids is 2. The lowest BCUT2D eigenvalue weighted by Crippen LogP contribution is -2.43. The Morgan fingerprint density at radius 1 is 1.00 bits per heavy atom. The van der Waals surface area contributed by atoms with Gasteiger partial charge in [0.1, 0.15) is 6.54 Å². The summed E-state index contributed by atoms with van der Waals surface area (Å²) < 4.78 is 0. The zero-order valence-electron chi connectivity index (χ0n) is 22.0. The van der Waals surface area contributed by atoms with E-state index in [0.717, 1.165) is 54.5 Å². The van der Waals surface area contributed by atoms with Crippen LogP contribution in [0.5, 0.6) is 0 Å². The minimum atomic E-state index is -0.174. The molecule has 0 unspecified atom stereocenters. The lowest BCUT2D eigenvalue weighted by atomic mass is 9.90. The van der Waals surface area contributed by atoms with E-state index in [1.807, 2.05) is 48.5 Å². The molecule has 0 spiro atoms. The maximum absolute atomic E-state index is 13.4. The SMILES string of the molecule is O=C(CN1C(=O)/C(=C/c2cccc(Cl)c2)Sc2ccccc21)NCCCN1CCC(Cc2ccccc2)CC1. The van der Waals surface area contributed by atoms with Gasteiger partial charge in [-0.05, 0) is 92.7 Å². The molecule has 3 aromatic carbocycles. The number of likely N-dealkylation sites (tertiary alicyclic amines) is 1. The number of hydrogen-bond acceptors (Lipinski definition) is 4. The third kappa shape index (κ3) is 7.53. The number of piperidine rings is 1. The van der Waals surface area contributed by atoms with Gasteiger partial charge in [0, 0.05) is 16.5 Å². The number of benzene rings is 3. The van der Waals surface area contributed by atoms with E-state index in [1.165, 1.54) is 30.2 Å². The van der Waals surface area contributed by atoms with Crippen molar-refractivity contribution < 1.29 is 9.59 Å². The molecular weight excluding hydrogens is 526 g/mol. The molecule has 0 atom stereocenters. The van der Waals surface area contributed by atoms with Crippen molar-refractivity contribution in [1.82, 2.24) is 10.2 Å². The molecule has 0 bridgehead atoms. The first-order valence-corrected chi connectivity index (χ1v) is 14.8. The number of carbonyl (C=O) groups is 2. The topological polar surface area (TPSA) is 52.7 Å². The van der Waals surface area contributed by atoms with E-state index in [4.69, 9.17) is 11.6 Å². The van der Waals surface area contributed by atoms with Crippen molar-refractivity contribution >= 4 is 46.9 Å². The maximum atomic E-state index is 13.4. The predicted molar refractivity (Wildman–Crippen MR) is 161 cm³/mol. The van der Waals surface area contributed by atoms with Crippen LogP contribution in [0.1, 0.15) is 30.4 Å². The van der Waals surface area contributed by atoms with E-state index >= 15 is 0 Å². The van der Waals surface area contributed by atoms with Crippen LogP contribution in [0.15, 0.2) is 88.7 Å². The van der Waals surface area contributed by atoms with Gasteiger partial charge in [-0.25, -0.2) is 0 Å². The number of para-hydroxylation sites is 1. The Kier molecular flexibility index (Phi) is 9.40. The van der Waals surface area contributed by atoms with Crippen molar-refractivity contribution in [1.29, 1.82) is 0 Å². The number of rotatable bonds is 9. The second-order valence-corrected chi connectivity index (χ2v) is 11.7. The number of amides is 2. The molecule has 39 heavy (non-hydrogen) atoms. The molecule has 2 aliphatic heterocycles. The van der Waals surface area contributed by atoms with Gasteiger partial charge >= 0.3 is 0 Å². The first kappa shape index (κ1) is 27.5. The van der Waals surface area contributed by atoms with Crippen LogP contribution in [0.25, 0.3) is 6.08 Å². The Morgan fingerprint density at radius 3 is 2.56 bits per heavy atom. The smallest absolute Gasteiger partial charge is 0.265 e. The number of anilines is 1. The summed E-state index contributed by atoms with van der Waals surface area (Å²) in [5.41, 5.74) is 3.05. The molecule has 2 heterocycles. The van der Waals surface area contributed by atoms with Crippen LogP contribution in [0, 0.1) is 5.92 Å². The molecule has 0 aromatic heterocycles. The average molecular weight is 560 g/mol. The summed E-state index contributed by atoms with van der Waals surface area (Å²) in [7, 11) is 0. The average Bonchev–Trinajstić information content (AvgIpc) is 2.95. The number of nitrogens with zero attached hydrogens (tertiary/aromatic N) is 2. The minimum absolute atomic E-state index is 0.00578. The highest BCUT2D eigenvalue weighted by Crippen LogP contribution is 2.42. The second-order valence-electron chi connectivity index (χ2n) is 10.2. The molecule has 1 saturated heterocycles. The molecule has 1 fully saturated rings. The van der Waals surface area contributed by atoms with Gasteiger partial charge in [0.25, 0.3) is 5.91 Å². The fraction of sp³-hybridized carbons (Fsp3) is 0.312. The van der Waals surface area contributed by atoms with E-state index in [2.05, 4.69) is 40.5 Å². The molecule has 1 N–H and O–H groups in total. The number of thioether (sulfide) groups is 1. The maximum Gasteiger partial charge on any atom is 0.265 e. The molecule has 2 amide bonds. The monoisotopic (exact) mass is 559 g/mol. The van der Waals surface area contributed by atoms with Crippen LogP contribution in [0.3, 0.4) is 0 Å². The summed E-state index contributed by atoms with van der Waals surface area (Å²) in [5, 5.41) is 3.65. The summed E-state index contributed by atoms with van der Waals surface area (Å²) in [6, 6.07) is 25.9. The fourth-order valence-electron chi connectivity index (χ4n) is 5.26. The van der Waals surface area contributed by atoms with Crippen LogP contribution in [0.4, 0.5) is 5.69 Å². The molecule has 7 heteroatoms. The Morgan fingerprint density at radius 2 is 1.77 bits per heavy atom. The number of fused-ring (bicyclic) bond motifs is 1. The van der Waals surface area contributed by atoms with Gasteiger partial charge < -0.3 is 10.2 Å². The number of nitrogens with one attached hydrogen (secondary N) is 1. The van der Waals surface area contributed by atoms with Crippen LogP contribution < -0.4 is 10.2 Å². The highest BCUT2D eigenvalue weighted by atomic mass is 35.5. The van der Waals surface area contributed by atoms with Gasteiger partial charge in [-0.1, -0.05) is 78.0 Å². The van der Waals surface area contributed by atoms with Crippen LogP contribution in [-0.2, 0) is 16.0 Å². The minimum Gasteiger partial charge on any atom is -0.355 e. The zero-order chi connectivity index (χ0) is 27.0. The molecule has 0 saturated carbocycles. The van der Waals surface area contributed by atoms with Crippen molar-refractivity contribution in [3.63, 3.8) is 0 Å². The lowest BCUT2D eigenvalue weighted by molar-refractivity contribution is -0.122. The van der Waals surface area contributed by atoms with E-state index in [1.54, 1.807) is 11.0 Å². The van der Waals surface area contributed by atoms with Crippen molar-refractivity contribution in [3.05, 3.63) is 99.9 Å². The third-order valence-corrected chi connectivity index (χ3v) is 8.64. The fourth-order valence-corrected chi connectivity index (χ4v) is 6.52. The summed E-state index contributed by atoms with van der Waals surface area (Å²) in [5.74, 6) is 0.435. The van der Waals surface area contributed by atoms with Gasteiger partial charge in [0.2, 0.25) is 5.91 Å². The van der Waals surface area contributed by atoms with Crippen LogP contribution in [0.2, 0.25) is 5.02 Å². The Bertz CT molecular complexity index is 1320. The van der Waals surface area contributed by atoms with Crippen LogP contribution >= 0.6 is 23.4 Å². The Balaban J connectivity index is 1.10. The van der Waals surface area contributed by atoms with Crippen LogP contribution in [-0.4, -0.2) is 49.4 Å². The molecule has 3 aromatic rings. The highest BCUT2D eigenvalue weighted by molar-refractivity contribution is 8.04. The molecule has 5 nitrogen and oxygen atoms in total.